The third-order valence-corrected chi connectivity index (χ3v) is 5.62. The smallest absolute Gasteiger partial charge is 0.265 e. The molecule has 2 amide bonds. The van der Waals surface area contributed by atoms with E-state index < -0.39 is 5.41 Å². The predicted octanol–water partition coefficient (Wildman–Crippen LogP) is 4.19. The second-order valence-electron chi connectivity index (χ2n) is 7.05. The summed E-state index contributed by atoms with van der Waals surface area (Å²) in [4.78, 5) is 25.5. The first-order valence-corrected chi connectivity index (χ1v) is 9.63. The number of carbonyl (C=O) groups is 2. The highest BCUT2D eigenvalue weighted by Crippen LogP contribution is 2.44. The van der Waals surface area contributed by atoms with Crippen molar-refractivity contribution in [2.75, 3.05) is 11.9 Å². The molecule has 4 nitrogen and oxygen atoms in total. The van der Waals surface area contributed by atoms with Crippen molar-refractivity contribution in [1.29, 1.82) is 0 Å². The summed E-state index contributed by atoms with van der Waals surface area (Å²) >= 11 is 1.42. The first kappa shape index (κ1) is 17.7. The molecule has 0 atom stereocenters. The van der Waals surface area contributed by atoms with Crippen molar-refractivity contribution in [1.82, 2.24) is 5.32 Å². The number of carbonyl (C=O) groups excluding carboxylic acids is 2. The number of amides is 2. The van der Waals surface area contributed by atoms with Crippen LogP contribution in [0.4, 0.5) is 5.69 Å². The van der Waals surface area contributed by atoms with Gasteiger partial charge in [-0.1, -0.05) is 38.5 Å². The predicted molar refractivity (Wildman–Crippen MR) is 102 cm³/mol. The number of nitrogens with one attached hydrogen (secondary N) is 2. The third-order valence-electron chi connectivity index (χ3n) is 4.75. The van der Waals surface area contributed by atoms with Gasteiger partial charge in [0.05, 0.1) is 10.3 Å². The maximum atomic E-state index is 12.7. The number of rotatable bonds is 6. The lowest BCUT2D eigenvalue weighted by Crippen LogP contribution is -2.49. The Balaban J connectivity index is 1.70. The van der Waals surface area contributed by atoms with Crippen LogP contribution in [0.3, 0.4) is 0 Å². The van der Waals surface area contributed by atoms with Crippen molar-refractivity contribution in [2.45, 2.75) is 38.5 Å². The fourth-order valence-corrected chi connectivity index (χ4v) is 3.74. The summed E-state index contributed by atoms with van der Waals surface area (Å²) in [5.74, 6) is 0.467. The maximum Gasteiger partial charge on any atom is 0.265 e. The second kappa shape index (κ2) is 7.40. The zero-order valence-electron chi connectivity index (χ0n) is 14.7. The average molecular weight is 356 g/mol. The Labute approximate surface area is 152 Å². The van der Waals surface area contributed by atoms with Gasteiger partial charge in [0.2, 0.25) is 5.91 Å². The molecular formula is C20H24N2O2S. The Hall–Kier alpha value is -2.14. The molecule has 2 aromatic rings. The minimum Gasteiger partial charge on any atom is -0.355 e. The number of benzene rings is 1. The van der Waals surface area contributed by atoms with E-state index in [2.05, 4.69) is 24.5 Å². The van der Waals surface area contributed by atoms with Crippen LogP contribution in [0.25, 0.3) is 0 Å². The van der Waals surface area contributed by atoms with E-state index in [1.807, 2.05) is 35.7 Å². The summed E-state index contributed by atoms with van der Waals surface area (Å²) in [5, 5.41) is 7.86. The van der Waals surface area contributed by atoms with Gasteiger partial charge >= 0.3 is 0 Å². The molecule has 1 aliphatic rings. The molecule has 1 saturated carbocycles. The molecule has 1 fully saturated rings. The van der Waals surface area contributed by atoms with E-state index >= 15 is 0 Å². The lowest BCUT2D eigenvalue weighted by Gasteiger charge is -2.41. The Kier molecular flexibility index (Phi) is 5.23. The molecule has 132 valence electrons. The minimum absolute atomic E-state index is 0.101. The number of thiophene rings is 1. The average Bonchev–Trinajstić information content (AvgIpc) is 3.08. The number of hydrogen-bond acceptors (Lipinski definition) is 3. The SMILES string of the molecule is CC(C)CNC(=O)C1(c2ccc(NC(=O)c3cccs3)cc2)CCC1. The molecule has 0 aliphatic heterocycles. The number of anilines is 1. The molecule has 0 spiro atoms. The fraction of sp³-hybridized carbons (Fsp3) is 0.400. The van der Waals surface area contributed by atoms with Crippen molar-refractivity contribution in [3.05, 3.63) is 52.2 Å². The molecule has 5 heteroatoms. The monoisotopic (exact) mass is 356 g/mol. The van der Waals surface area contributed by atoms with E-state index in [1.54, 1.807) is 6.07 Å². The quantitative estimate of drug-likeness (QED) is 0.815. The highest BCUT2D eigenvalue weighted by Gasteiger charge is 2.45. The summed E-state index contributed by atoms with van der Waals surface area (Å²) in [6.07, 6.45) is 2.85. The lowest BCUT2D eigenvalue weighted by molar-refractivity contribution is -0.130. The molecule has 1 aromatic heterocycles. The van der Waals surface area contributed by atoms with Crippen LogP contribution in [-0.4, -0.2) is 18.4 Å². The van der Waals surface area contributed by atoms with E-state index in [1.165, 1.54) is 11.3 Å². The minimum atomic E-state index is -0.398. The Morgan fingerprint density at radius 3 is 2.40 bits per heavy atom. The molecule has 0 saturated heterocycles. The molecular weight excluding hydrogens is 332 g/mol. The third kappa shape index (κ3) is 3.76. The molecule has 1 aliphatic carbocycles. The van der Waals surface area contributed by atoms with Crippen LogP contribution in [0.15, 0.2) is 41.8 Å². The van der Waals surface area contributed by atoms with E-state index in [0.29, 0.717) is 17.3 Å². The summed E-state index contributed by atoms with van der Waals surface area (Å²) in [6.45, 7) is 4.90. The van der Waals surface area contributed by atoms with Gasteiger partial charge in [0, 0.05) is 12.2 Å². The molecule has 0 unspecified atom stereocenters. The highest BCUT2D eigenvalue weighted by atomic mass is 32.1. The standard InChI is InChI=1S/C20H24N2O2S/c1-14(2)13-21-19(24)20(10-4-11-20)15-6-8-16(9-7-15)22-18(23)17-5-3-12-25-17/h3,5-9,12,14H,4,10-11,13H2,1-2H3,(H,21,24)(H,22,23). The van der Waals surface area contributed by atoms with E-state index in [0.717, 1.165) is 30.5 Å². The highest BCUT2D eigenvalue weighted by molar-refractivity contribution is 7.12. The van der Waals surface area contributed by atoms with E-state index in [9.17, 15) is 9.59 Å². The van der Waals surface area contributed by atoms with Gasteiger partial charge in [0.25, 0.3) is 5.91 Å². The lowest BCUT2D eigenvalue weighted by atomic mass is 9.63. The van der Waals surface area contributed by atoms with Crippen molar-refractivity contribution < 1.29 is 9.59 Å². The van der Waals surface area contributed by atoms with Crippen LogP contribution in [0.1, 0.15) is 48.3 Å². The molecule has 0 bridgehead atoms. The molecule has 0 radical (unpaired) electrons. The topological polar surface area (TPSA) is 58.2 Å². The van der Waals surface area contributed by atoms with Crippen LogP contribution in [0, 0.1) is 5.92 Å². The van der Waals surface area contributed by atoms with Crippen molar-refractivity contribution >= 4 is 28.8 Å². The second-order valence-corrected chi connectivity index (χ2v) is 8.00. The molecule has 1 heterocycles. The van der Waals surface area contributed by atoms with Crippen molar-refractivity contribution in [3.8, 4) is 0 Å². The molecule has 1 aromatic carbocycles. The van der Waals surface area contributed by atoms with Crippen molar-refractivity contribution in [2.24, 2.45) is 5.92 Å². The van der Waals surface area contributed by atoms with Crippen molar-refractivity contribution in [3.63, 3.8) is 0 Å². The van der Waals surface area contributed by atoms with Crippen LogP contribution in [0.5, 0.6) is 0 Å². The van der Waals surface area contributed by atoms with Gasteiger partial charge in [-0.25, -0.2) is 0 Å². The maximum absolute atomic E-state index is 12.7. The summed E-state index contributed by atoms with van der Waals surface area (Å²) < 4.78 is 0. The summed E-state index contributed by atoms with van der Waals surface area (Å²) in [5.41, 5.74) is 1.39. The van der Waals surface area contributed by atoms with Crippen LogP contribution in [-0.2, 0) is 10.2 Å². The van der Waals surface area contributed by atoms with Gasteiger partial charge in [-0.05, 0) is 47.9 Å². The van der Waals surface area contributed by atoms with Gasteiger partial charge in [-0.15, -0.1) is 11.3 Å². The first-order valence-electron chi connectivity index (χ1n) is 8.75. The normalized spacial score (nSPS) is 15.5. The van der Waals surface area contributed by atoms with Crippen LogP contribution < -0.4 is 10.6 Å². The molecule has 3 rings (SSSR count). The van der Waals surface area contributed by atoms with Crippen LogP contribution >= 0.6 is 11.3 Å². The van der Waals surface area contributed by atoms with E-state index in [4.69, 9.17) is 0 Å². The molecule has 2 N–H and O–H groups in total. The van der Waals surface area contributed by atoms with Gasteiger partial charge in [0.1, 0.15) is 0 Å². The first-order chi connectivity index (χ1) is 12.0. The van der Waals surface area contributed by atoms with Crippen LogP contribution in [0.2, 0.25) is 0 Å². The van der Waals surface area contributed by atoms with Gasteiger partial charge in [0.15, 0.2) is 0 Å². The Morgan fingerprint density at radius 1 is 1.16 bits per heavy atom. The van der Waals surface area contributed by atoms with E-state index in [-0.39, 0.29) is 11.8 Å². The Bertz CT molecular complexity index is 732. The largest absolute Gasteiger partial charge is 0.355 e. The van der Waals surface area contributed by atoms with Gasteiger partial charge < -0.3 is 10.6 Å². The van der Waals surface area contributed by atoms with Gasteiger partial charge in [-0.2, -0.15) is 0 Å². The Morgan fingerprint density at radius 2 is 1.88 bits per heavy atom. The fourth-order valence-electron chi connectivity index (χ4n) is 3.12. The van der Waals surface area contributed by atoms with Gasteiger partial charge in [-0.3, -0.25) is 9.59 Å². The zero-order valence-corrected chi connectivity index (χ0v) is 15.5. The number of hydrogen-bond donors (Lipinski definition) is 2. The molecule has 25 heavy (non-hydrogen) atoms. The summed E-state index contributed by atoms with van der Waals surface area (Å²) in [6, 6.07) is 11.4. The zero-order chi connectivity index (χ0) is 17.9. The summed E-state index contributed by atoms with van der Waals surface area (Å²) in [7, 11) is 0.